The Hall–Kier alpha value is -2.30. The first-order valence-electron chi connectivity index (χ1n) is 7.29. The fourth-order valence-electron chi connectivity index (χ4n) is 2.25. The molecule has 1 aromatic heterocycles. The number of hydrogen-bond donors (Lipinski definition) is 2. The Morgan fingerprint density at radius 1 is 1.29 bits per heavy atom. The summed E-state index contributed by atoms with van der Waals surface area (Å²) in [5.74, 6) is -0.0313. The Balaban J connectivity index is 2.06. The zero-order valence-corrected chi connectivity index (χ0v) is 12.8. The van der Waals surface area contributed by atoms with Crippen LogP contribution in [-0.4, -0.2) is 22.2 Å². The van der Waals surface area contributed by atoms with Crippen LogP contribution in [0.5, 0.6) is 0 Å². The number of amides is 1. The Morgan fingerprint density at radius 2 is 2.10 bits per heavy atom. The maximum atomic E-state index is 11.8. The minimum absolute atomic E-state index is 0.0313. The fraction of sp³-hybridized carbons (Fsp3) is 0.375. The maximum absolute atomic E-state index is 11.8. The molecule has 5 nitrogen and oxygen atoms in total. The van der Waals surface area contributed by atoms with Gasteiger partial charge in [-0.3, -0.25) is 9.48 Å². The quantitative estimate of drug-likeness (QED) is 0.858. The third-order valence-corrected chi connectivity index (χ3v) is 3.39. The second kappa shape index (κ2) is 6.92. The van der Waals surface area contributed by atoms with Gasteiger partial charge in [-0.2, -0.15) is 5.10 Å². The van der Waals surface area contributed by atoms with Crippen LogP contribution in [0.25, 0.3) is 0 Å². The second-order valence-electron chi connectivity index (χ2n) is 4.88. The van der Waals surface area contributed by atoms with E-state index in [0.29, 0.717) is 12.1 Å². The minimum Gasteiger partial charge on any atom is -0.379 e. The molecule has 0 aliphatic carbocycles. The van der Waals surface area contributed by atoms with Crippen LogP contribution in [0.15, 0.2) is 30.5 Å². The first-order valence-corrected chi connectivity index (χ1v) is 7.29. The van der Waals surface area contributed by atoms with E-state index in [4.69, 9.17) is 0 Å². The number of nitrogens with one attached hydrogen (secondary N) is 2. The largest absolute Gasteiger partial charge is 0.379 e. The first-order chi connectivity index (χ1) is 10.2. The lowest BCUT2D eigenvalue weighted by Crippen LogP contribution is -2.22. The van der Waals surface area contributed by atoms with Gasteiger partial charge < -0.3 is 10.6 Å². The molecule has 0 bridgehead atoms. The van der Waals surface area contributed by atoms with Gasteiger partial charge in [0.25, 0.3) is 5.91 Å². The Bertz CT molecular complexity index is 618. The maximum Gasteiger partial charge on any atom is 0.251 e. The van der Waals surface area contributed by atoms with E-state index in [1.165, 1.54) is 0 Å². The summed E-state index contributed by atoms with van der Waals surface area (Å²) in [6.45, 7) is 8.20. The number of benzene rings is 1. The second-order valence-corrected chi connectivity index (χ2v) is 4.88. The van der Waals surface area contributed by atoms with Crippen molar-refractivity contribution in [2.75, 3.05) is 11.9 Å². The molecule has 2 N–H and O–H groups in total. The minimum atomic E-state index is -0.0313. The predicted octanol–water partition coefficient (Wildman–Crippen LogP) is 2.57. The molecule has 0 spiro atoms. The van der Waals surface area contributed by atoms with E-state index in [1.807, 2.05) is 49.0 Å². The third kappa shape index (κ3) is 3.62. The van der Waals surface area contributed by atoms with Gasteiger partial charge in [0.05, 0.1) is 12.2 Å². The van der Waals surface area contributed by atoms with Gasteiger partial charge in [0.2, 0.25) is 0 Å². The molecule has 0 radical (unpaired) electrons. The summed E-state index contributed by atoms with van der Waals surface area (Å²) in [6.07, 6.45) is 1.81. The number of aryl methyl sites for hydroxylation is 2. The van der Waals surface area contributed by atoms with Crippen molar-refractivity contribution < 1.29 is 4.79 Å². The molecule has 0 aliphatic heterocycles. The van der Waals surface area contributed by atoms with Gasteiger partial charge in [-0.15, -0.1) is 0 Å². The van der Waals surface area contributed by atoms with Crippen LogP contribution in [0.1, 0.15) is 35.5 Å². The molecule has 1 amide bonds. The van der Waals surface area contributed by atoms with Crippen LogP contribution in [0.3, 0.4) is 0 Å². The first kappa shape index (κ1) is 15.1. The van der Waals surface area contributed by atoms with Crippen molar-refractivity contribution >= 4 is 11.6 Å². The van der Waals surface area contributed by atoms with E-state index < -0.39 is 0 Å². The van der Waals surface area contributed by atoms with E-state index in [-0.39, 0.29) is 5.91 Å². The van der Waals surface area contributed by atoms with Crippen LogP contribution in [0, 0.1) is 6.92 Å². The summed E-state index contributed by atoms with van der Waals surface area (Å²) in [5.41, 5.74) is 3.93. The van der Waals surface area contributed by atoms with Gasteiger partial charge in [-0.1, -0.05) is 0 Å². The highest BCUT2D eigenvalue weighted by molar-refractivity contribution is 5.94. The van der Waals surface area contributed by atoms with Crippen LogP contribution in [-0.2, 0) is 13.1 Å². The van der Waals surface area contributed by atoms with Crippen molar-refractivity contribution in [2.45, 2.75) is 33.9 Å². The summed E-state index contributed by atoms with van der Waals surface area (Å²) < 4.78 is 1.96. The van der Waals surface area contributed by atoms with Gasteiger partial charge in [0.15, 0.2) is 0 Å². The lowest BCUT2D eigenvalue weighted by Gasteiger charge is -2.12. The van der Waals surface area contributed by atoms with Crippen molar-refractivity contribution in [3.63, 3.8) is 0 Å². The molecule has 2 aromatic rings. The SMILES string of the molecule is CCNC(=O)c1ccc(NCc2ccnn2CC)c(C)c1. The average Bonchev–Trinajstić information content (AvgIpc) is 2.93. The van der Waals surface area contributed by atoms with Gasteiger partial charge in [0.1, 0.15) is 0 Å². The summed E-state index contributed by atoms with van der Waals surface area (Å²) in [5, 5.41) is 10.5. The van der Waals surface area contributed by atoms with E-state index >= 15 is 0 Å². The molecule has 1 aromatic carbocycles. The molecular formula is C16H22N4O. The molecule has 112 valence electrons. The summed E-state index contributed by atoms with van der Waals surface area (Å²) >= 11 is 0. The van der Waals surface area contributed by atoms with Crippen LogP contribution in [0.4, 0.5) is 5.69 Å². The van der Waals surface area contributed by atoms with E-state index in [2.05, 4.69) is 22.7 Å². The fourth-order valence-corrected chi connectivity index (χ4v) is 2.25. The predicted molar refractivity (Wildman–Crippen MR) is 84.4 cm³/mol. The monoisotopic (exact) mass is 286 g/mol. The zero-order chi connectivity index (χ0) is 15.2. The highest BCUT2D eigenvalue weighted by atomic mass is 16.1. The van der Waals surface area contributed by atoms with Crippen molar-refractivity contribution in [1.82, 2.24) is 15.1 Å². The zero-order valence-electron chi connectivity index (χ0n) is 12.8. The third-order valence-electron chi connectivity index (χ3n) is 3.39. The Labute approximate surface area is 125 Å². The topological polar surface area (TPSA) is 59.0 Å². The molecule has 2 rings (SSSR count). The van der Waals surface area contributed by atoms with Crippen LogP contribution >= 0.6 is 0 Å². The van der Waals surface area contributed by atoms with Crippen LogP contribution < -0.4 is 10.6 Å². The Morgan fingerprint density at radius 3 is 2.76 bits per heavy atom. The number of aromatic nitrogens is 2. The van der Waals surface area contributed by atoms with Crippen molar-refractivity contribution in [3.8, 4) is 0 Å². The molecular weight excluding hydrogens is 264 g/mol. The number of rotatable bonds is 6. The standard InChI is InChI=1S/C16H22N4O/c1-4-17-16(21)13-6-7-15(12(3)10-13)18-11-14-8-9-19-20(14)5-2/h6-10,18H,4-5,11H2,1-3H3,(H,17,21). The normalized spacial score (nSPS) is 10.4. The summed E-state index contributed by atoms with van der Waals surface area (Å²) in [7, 11) is 0. The molecule has 0 aliphatic rings. The number of nitrogens with zero attached hydrogens (tertiary/aromatic N) is 2. The van der Waals surface area contributed by atoms with E-state index in [1.54, 1.807) is 0 Å². The summed E-state index contributed by atoms with van der Waals surface area (Å²) in [4.78, 5) is 11.8. The lowest BCUT2D eigenvalue weighted by molar-refractivity contribution is 0.0956. The molecule has 0 atom stereocenters. The van der Waals surface area contributed by atoms with E-state index in [9.17, 15) is 4.79 Å². The van der Waals surface area contributed by atoms with Crippen LogP contribution in [0.2, 0.25) is 0 Å². The summed E-state index contributed by atoms with van der Waals surface area (Å²) in [6, 6.07) is 7.71. The lowest BCUT2D eigenvalue weighted by atomic mass is 10.1. The van der Waals surface area contributed by atoms with Gasteiger partial charge in [-0.05, 0) is 50.6 Å². The van der Waals surface area contributed by atoms with Crippen molar-refractivity contribution in [2.24, 2.45) is 0 Å². The smallest absolute Gasteiger partial charge is 0.251 e. The Kier molecular flexibility index (Phi) is 4.98. The molecule has 0 unspecified atom stereocenters. The number of anilines is 1. The van der Waals surface area contributed by atoms with Gasteiger partial charge >= 0.3 is 0 Å². The molecule has 5 heteroatoms. The number of carbonyl (C=O) groups is 1. The molecule has 1 heterocycles. The molecule has 21 heavy (non-hydrogen) atoms. The highest BCUT2D eigenvalue weighted by Gasteiger charge is 2.07. The molecule has 0 fully saturated rings. The van der Waals surface area contributed by atoms with Gasteiger partial charge in [0, 0.05) is 30.5 Å². The molecule has 0 saturated carbocycles. The van der Waals surface area contributed by atoms with Crippen molar-refractivity contribution in [3.05, 3.63) is 47.3 Å². The van der Waals surface area contributed by atoms with Crippen molar-refractivity contribution in [1.29, 1.82) is 0 Å². The molecule has 0 saturated heterocycles. The number of carbonyl (C=O) groups excluding carboxylic acids is 1. The number of hydrogen-bond acceptors (Lipinski definition) is 3. The van der Waals surface area contributed by atoms with E-state index in [0.717, 1.165) is 30.0 Å². The highest BCUT2D eigenvalue weighted by Crippen LogP contribution is 2.17. The average molecular weight is 286 g/mol. The van der Waals surface area contributed by atoms with Gasteiger partial charge in [-0.25, -0.2) is 0 Å².